The molecule has 1 aromatic heterocycles. The summed E-state index contributed by atoms with van der Waals surface area (Å²) in [6.45, 7) is 1.95. The molecule has 4 heteroatoms. The van der Waals surface area contributed by atoms with E-state index in [9.17, 15) is 4.79 Å². The van der Waals surface area contributed by atoms with Gasteiger partial charge in [-0.1, -0.05) is 31.2 Å². The molecule has 1 aromatic carbocycles. The lowest BCUT2D eigenvalue weighted by Gasteiger charge is -2.01. The second kappa shape index (κ2) is 4.18. The van der Waals surface area contributed by atoms with Crippen LogP contribution >= 0.6 is 0 Å². The number of carbonyl (C=O) groups is 1. The monoisotopic (exact) mass is 216 g/mol. The Bertz CT molecular complexity index is 517. The molecule has 2 N–H and O–H groups in total. The number of hydrogen-bond donors (Lipinski definition) is 1. The molecule has 0 bridgehead atoms. The number of carbonyl (C=O) groups excluding carboxylic acids is 1. The first-order chi connectivity index (χ1) is 7.76. The van der Waals surface area contributed by atoms with Crippen molar-refractivity contribution in [2.24, 2.45) is 0 Å². The lowest BCUT2D eigenvalue weighted by molar-refractivity contribution is 0.112. The van der Waals surface area contributed by atoms with Crippen LogP contribution in [0.1, 0.15) is 23.0 Å². The second-order valence-corrected chi connectivity index (χ2v) is 3.38. The molecule has 0 spiro atoms. The third kappa shape index (κ3) is 1.69. The Morgan fingerprint density at radius 3 is 2.88 bits per heavy atom. The molecule has 4 nitrogen and oxygen atoms in total. The molecule has 2 aromatic rings. The Morgan fingerprint density at radius 1 is 1.44 bits per heavy atom. The van der Waals surface area contributed by atoms with E-state index in [1.807, 2.05) is 25.1 Å². The molecule has 16 heavy (non-hydrogen) atoms. The summed E-state index contributed by atoms with van der Waals surface area (Å²) in [7, 11) is 0. The molecule has 1 heterocycles. The first-order valence-electron chi connectivity index (χ1n) is 5.06. The Morgan fingerprint density at radius 2 is 2.19 bits per heavy atom. The van der Waals surface area contributed by atoms with Crippen LogP contribution < -0.4 is 5.73 Å². The molecule has 0 amide bonds. The van der Waals surface area contributed by atoms with E-state index < -0.39 is 0 Å². The van der Waals surface area contributed by atoms with Crippen molar-refractivity contribution in [1.29, 1.82) is 0 Å². The number of nitrogens with two attached hydrogens (primary N) is 1. The molecule has 2 rings (SSSR count). The van der Waals surface area contributed by atoms with Gasteiger partial charge in [-0.2, -0.15) is 4.98 Å². The summed E-state index contributed by atoms with van der Waals surface area (Å²) in [6.07, 6.45) is 1.49. The van der Waals surface area contributed by atoms with Crippen LogP contribution in [0.15, 0.2) is 28.7 Å². The van der Waals surface area contributed by atoms with Crippen molar-refractivity contribution < 1.29 is 9.21 Å². The van der Waals surface area contributed by atoms with Gasteiger partial charge in [0.05, 0.1) is 0 Å². The average molecular weight is 216 g/mol. The van der Waals surface area contributed by atoms with Gasteiger partial charge in [-0.3, -0.25) is 4.79 Å². The van der Waals surface area contributed by atoms with Gasteiger partial charge in [0.25, 0.3) is 6.01 Å². The van der Waals surface area contributed by atoms with Crippen molar-refractivity contribution in [3.8, 4) is 11.3 Å². The number of nitrogen functional groups attached to an aromatic ring is 1. The van der Waals surface area contributed by atoms with Crippen LogP contribution in [0.3, 0.4) is 0 Å². The molecular weight excluding hydrogens is 204 g/mol. The van der Waals surface area contributed by atoms with Crippen molar-refractivity contribution >= 4 is 12.3 Å². The van der Waals surface area contributed by atoms with E-state index >= 15 is 0 Å². The van der Waals surface area contributed by atoms with Crippen molar-refractivity contribution in [3.05, 3.63) is 35.6 Å². The van der Waals surface area contributed by atoms with Crippen LogP contribution in [0.2, 0.25) is 0 Å². The second-order valence-electron chi connectivity index (χ2n) is 3.38. The molecule has 0 unspecified atom stereocenters. The summed E-state index contributed by atoms with van der Waals surface area (Å²) in [6, 6.07) is 7.37. The van der Waals surface area contributed by atoms with Gasteiger partial charge in [0, 0.05) is 17.5 Å². The number of aromatic nitrogens is 1. The van der Waals surface area contributed by atoms with Crippen LogP contribution in [0, 0.1) is 0 Å². The third-order valence-electron chi connectivity index (χ3n) is 2.38. The van der Waals surface area contributed by atoms with E-state index in [0.717, 1.165) is 11.8 Å². The standard InChI is InChI=1S/C12H12N2O2/c1-2-10-11(14-12(13)16-10)9-6-4-3-5-8(9)7-15/h3-7H,2H2,1H3,(H2,13,14). The zero-order valence-electron chi connectivity index (χ0n) is 8.93. The van der Waals surface area contributed by atoms with Crippen molar-refractivity contribution in [2.45, 2.75) is 13.3 Å². The van der Waals surface area contributed by atoms with Gasteiger partial charge in [-0.25, -0.2) is 0 Å². The number of nitrogens with zero attached hydrogens (tertiary/aromatic N) is 1. The van der Waals surface area contributed by atoms with Gasteiger partial charge >= 0.3 is 0 Å². The Labute approximate surface area is 93.1 Å². The summed E-state index contributed by atoms with van der Waals surface area (Å²) in [5.41, 5.74) is 7.52. The zero-order chi connectivity index (χ0) is 11.5. The molecule has 0 radical (unpaired) electrons. The van der Waals surface area contributed by atoms with Crippen LogP contribution in [0.4, 0.5) is 6.01 Å². The normalized spacial score (nSPS) is 10.3. The number of hydrogen-bond acceptors (Lipinski definition) is 4. The SMILES string of the molecule is CCc1oc(N)nc1-c1ccccc1C=O. The number of benzene rings is 1. The quantitative estimate of drug-likeness (QED) is 0.799. The van der Waals surface area contributed by atoms with Crippen LogP contribution in [0.5, 0.6) is 0 Å². The fourth-order valence-electron chi connectivity index (χ4n) is 1.64. The third-order valence-corrected chi connectivity index (χ3v) is 2.38. The number of oxazole rings is 1. The van der Waals surface area contributed by atoms with Gasteiger partial charge < -0.3 is 10.2 Å². The average Bonchev–Trinajstić information content (AvgIpc) is 2.70. The van der Waals surface area contributed by atoms with E-state index in [1.54, 1.807) is 6.07 Å². The van der Waals surface area contributed by atoms with E-state index in [1.165, 1.54) is 0 Å². The van der Waals surface area contributed by atoms with Gasteiger partial charge in [-0.15, -0.1) is 0 Å². The maximum atomic E-state index is 10.9. The maximum absolute atomic E-state index is 10.9. The summed E-state index contributed by atoms with van der Waals surface area (Å²) >= 11 is 0. The topological polar surface area (TPSA) is 69.1 Å². The van der Waals surface area contributed by atoms with Crippen molar-refractivity contribution in [3.63, 3.8) is 0 Å². The lowest BCUT2D eigenvalue weighted by atomic mass is 10.0. The van der Waals surface area contributed by atoms with E-state index in [0.29, 0.717) is 23.4 Å². The summed E-state index contributed by atoms with van der Waals surface area (Å²) in [5, 5.41) is 0. The van der Waals surface area contributed by atoms with Crippen molar-refractivity contribution in [2.75, 3.05) is 5.73 Å². The fourth-order valence-corrected chi connectivity index (χ4v) is 1.64. The summed E-state index contributed by atoms with van der Waals surface area (Å²) in [5.74, 6) is 0.701. The van der Waals surface area contributed by atoms with Gasteiger partial charge in [0.2, 0.25) is 0 Å². The molecule has 0 atom stereocenters. The molecule has 0 aliphatic carbocycles. The van der Waals surface area contributed by atoms with E-state index in [-0.39, 0.29) is 6.01 Å². The highest BCUT2D eigenvalue weighted by Crippen LogP contribution is 2.27. The van der Waals surface area contributed by atoms with Crippen LogP contribution in [-0.2, 0) is 6.42 Å². The van der Waals surface area contributed by atoms with E-state index in [4.69, 9.17) is 10.2 Å². The van der Waals surface area contributed by atoms with Crippen molar-refractivity contribution in [1.82, 2.24) is 4.98 Å². The Balaban J connectivity index is 2.61. The number of rotatable bonds is 3. The van der Waals surface area contributed by atoms with Gasteiger partial charge in [-0.05, 0) is 0 Å². The maximum Gasteiger partial charge on any atom is 0.292 e. The summed E-state index contributed by atoms with van der Waals surface area (Å²) in [4.78, 5) is 15.0. The number of anilines is 1. The number of aldehydes is 1. The lowest BCUT2D eigenvalue weighted by Crippen LogP contribution is -1.90. The highest BCUT2D eigenvalue weighted by Gasteiger charge is 2.14. The molecular formula is C12H12N2O2. The van der Waals surface area contributed by atoms with E-state index in [2.05, 4.69) is 4.98 Å². The molecule has 82 valence electrons. The molecule has 0 aliphatic rings. The van der Waals surface area contributed by atoms with Crippen LogP contribution in [-0.4, -0.2) is 11.3 Å². The minimum Gasteiger partial charge on any atom is -0.428 e. The first-order valence-corrected chi connectivity index (χ1v) is 5.06. The smallest absolute Gasteiger partial charge is 0.292 e. The fraction of sp³-hybridized carbons (Fsp3) is 0.167. The van der Waals surface area contributed by atoms with Gasteiger partial charge in [0.15, 0.2) is 6.29 Å². The van der Waals surface area contributed by atoms with Crippen LogP contribution in [0.25, 0.3) is 11.3 Å². The molecule has 0 saturated heterocycles. The predicted octanol–water partition coefficient (Wildman–Crippen LogP) is 2.30. The predicted molar refractivity (Wildman–Crippen MR) is 61.1 cm³/mol. The largest absolute Gasteiger partial charge is 0.428 e. The molecule has 0 fully saturated rings. The Kier molecular flexibility index (Phi) is 2.72. The van der Waals surface area contributed by atoms with Gasteiger partial charge in [0.1, 0.15) is 11.5 Å². The minimum absolute atomic E-state index is 0.132. The zero-order valence-corrected chi connectivity index (χ0v) is 8.93. The molecule has 0 saturated carbocycles. The summed E-state index contributed by atoms with van der Waals surface area (Å²) < 4.78 is 5.27. The number of aryl methyl sites for hydroxylation is 1. The minimum atomic E-state index is 0.132. The highest BCUT2D eigenvalue weighted by molar-refractivity contribution is 5.87. The molecule has 0 aliphatic heterocycles. The highest BCUT2D eigenvalue weighted by atomic mass is 16.4. The first kappa shape index (κ1) is 10.4. The Hall–Kier alpha value is -2.10.